The molecule has 21 heavy (non-hydrogen) atoms. The number of sulfonamides is 1. The molecule has 8 heteroatoms. The molecule has 0 aliphatic heterocycles. The lowest BCUT2D eigenvalue weighted by molar-refractivity contribution is -0.137. The maximum absolute atomic E-state index is 13.4. The number of carbonyl (C=O) groups is 1. The number of carboxylic acids is 1. The molecule has 0 aliphatic carbocycles. The molecule has 0 amide bonds. The first kappa shape index (κ1) is 17.5. The van der Waals surface area contributed by atoms with Crippen LogP contribution in [0.25, 0.3) is 0 Å². The molecule has 2 N–H and O–H groups in total. The number of unbranched alkanes of at least 4 members (excludes halogenated alkanes) is 3. The first-order valence-corrected chi connectivity index (χ1v) is 7.98. The van der Waals surface area contributed by atoms with Crippen molar-refractivity contribution in [1.29, 1.82) is 0 Å². The smallest absolute Gasteiger partial charge is 0.303 e. The molecule has 1 rings (SSSR count). The van der Waals surface area contributed by atoms with Crippen molar-refractivity contribution in [2.75, 3.05) is 6.54 Å². The van der Waals surface area contributed by atoms with Gasteiger partial charge in [0.25, 0.3) is 0 Å². The number of aliphatic carboxylic acids is 1. The number of carboxylic acid groups (broad SMARTS) is 1. The van der Waals surface area contributed by atoms with E-state index in [1.807, 2.05) is 0 Å². The van der Waals surface area contributed by atoms with Crippen molar-refractivity contribution in [2.24, 2.45) is 0 Å². The largest absolute Gasteiger partial charge is 0.481 e. The second kappa shape index (κ2) is 8.04. The molecule has 0 saturated carbocycles. The quantitative estimate of drug-likeness (QED) is 0.684. The fourth-order valence-electron chi connectivity index (χ4n) is 1.72. The van der Waals surface area contributed by atoms with Gasteiger partial charge in [-0.1, -0.05) is 12.8 Å². The second-order valence-electron chi connectivity index (χ2n) is 4.53. The average Bonchev–Trinajstić information content (AvgIpc) is 2.40. The Morgan fingerprint density at radius 3 is 2.48 bits per heavy atom. The fourth-order valence-corrected chi connectivity index (χ4v) is 2.88. The van der Waals surface area contributed by atoms with Gasteiger partial charge in [-0.05, 0) is 31.0 Å². The Morgan fingerprint density at radius 2 is 1.81 bits per heavy atom. The molecular formula is C13H17F2NO4S. The van der Waals surface area contributed by atoms with Crippen LogP contribution in [0.15, 0.2) is 23.1 Å². The summed E-state index contributed by atoms with van der Waals surface area (Å²) in [6.45, 7) is 0.0886. The first-order valence-electron chi connectivity index (χ1n) is 6.49. The van der Waals surface area contributed by atoms with E-state index in [1.54, 1.807) is 0 Å². The molecule has 0 aromatic heterocycles. The van der Waals surface area contributed by atoms with Crippen LogP contribution in [0.2, 0.25) is 0 Å². The van der Waals surface area contributed by atoms with Gasteiger partial charge in [-0.25, -0.2) is 21.9 Å². The summed E-state index contributed by atoms with van der Waals surface area (Å²) in [5.74, 6) is -2.70. The molecule has 0 aliphatic rings. The molecule has 0 heterocycles. The summed E-state index contributed by atoms with van der Waals surface area (Å²) in [4.78, 5) is 9.56. The summed E-state index contributed by atoms with van der Waals surface area (Å²) in [7, 11) is -4.08. The molecule has 0 atom stereocenters. The van der Waals surface area contributed by atoms with E-state index in [0.29, 0.717) is 31.7 Å². The Kier molecular flexibility index (Phi) is 6.70. The van der Waals surface area contributed by atoms with E-state index in [4.69, 9.17) is 5.11 Å². The third-order valence-electron chi connectivity index (χ3n) is 2.79. The number of hydrogen-bond acceptors (Lipinski definition) is 3. The van der Waals surface area contributed by atoms with E-state index >= 15 is 0 Å². The fraction of sp³-hybridized carbons (Fsp3) is 0.462. The van der Waals surface area contributed by atoms with Crippen molar-refractivity contribution in [3.8, 4) is 0 Å². The molecule has 0 fully saturated rings. The SMILES string of the molecule is O=C(O)CCCCCCNS(=O)(=O)c1cc(F)ccc1F. The van der Waals surface area contributed by atoms with Gasteiger partial charge in [0.05, 0.1) is 0 Å². The van der Waals surface area contributed by atoms with E-state index in [-0.39, 0.29) is 13.0 Å². The summed E-state index contributed by atoms with van der Waals surface area (Å²) in [5, 5.41) is 8.44. The summed E-state index contributed by atoms with van der Waals surface area (Å²) in [6.07, 6.45) is 2.43. The van der Waals surface area contributed by atoms with Gasteiger partial charge < -0.3 is 5.11 Å². The minimum atomic E-state index is -4.08. The van der Waals surface area contributed by atoms with E-state index in [9.17, 15) is 22.0 Å². The molecule has 0 bridgehead atoms. The number of benzene rings is 1. The molecule has 1 aromatic carbocycles. The summed E-state index contributed by atoms with van der Waals surface area (Å²) in [5.41, 5.74) is 0. The van der Waals surface area contributed by atoms with Crippen LogP contribution >= 0.6 is 0 Å². The zero-order chi connectivity index (χ0) is 15.9. The number of nitrogens with one attached hydrogen (secondary N) is 1. The number of hydrogen-bond donors (Lipinski definition) is 2. The van der Waals surface area contributed by atoms with Crippen molar-refractivity contribution in [1.82, 2.24) is 4.72 Å². The van der Waals surface area contributed by atoms with Crippen molar-refractivity contribution < 1.29 is 27.1 Å². The first-order chi connectivity index (χ1) is 9.83. The zero-order valence-electron chi connectivity index (χ0n) is 11.3. The van der Waals surface area contributed by atoms with Crippen LogP contribution in [0.4, 0.5) is 8.78 Å². The summed E-state index contributed by atoms with van der Waals surface area (Å²) in [6, 6.07) is 2.23. The van der Waals surface area contributed by atoms with Gasteiger partial charge in [-0.3, -0.25) is 4.79 Å². The van der Waals surface area contributed by atoms with Crippen LogP contribution in [0, 0.1) is 11.6 Å². The topological polar surface area (TPSA) is 83.5 Å². The van der Waals surface area contributed by atoms with E-state index in [0.717, 1.165) is 12.1 Å². The Hall–Kier alpha value is -1.54. The van der Waals surface area contributed by atoms with Gasteiger partial charge in [0.2, 0.25) is 10.0 Å². The Balaban J connectivity index is 2.40. The summed E-state index contributed by atoms with van der Waals surface area (Å²) >= 11 is 0. The van der Waals surface area contributed by atoms with Crippen molar-refractivity contribution >= 4 is 16.0 Å². The maximum atomic E-state index is 13.4. The van der Waals surface area contributed by atoms with Crippen LogP contribution in [-0.4, -0.2) is 26.0 Å². The highest BCUT2D eigenvalue weighted by Crippen LogP contribution is 2.15. The second-order valence-corrected chi connectivity index (χ2v) is 6.27. The number of rotatable bonds is 9. The molecule has 0 saturated heterocycles. The Bertz CT molecular complexity index is 590. The lowest BCUT2D eigenvalue weighted by Crippen LogP contribution is -2.25. The molecular weight excluding hydrogens is 304 g/mol. The highest BCUT2D eigenvalue weighted by molar-refractivity contribution is 7.89. The molecule has 0 spiro atoms. The molecule has 1 aromatic rings. The Morgan fingerprint density at radius 1 is 1.14 bits per heavy atom. The monoisotopic (exact) mass is 321 g/mol. The van der Waals surface area contributed by atoms with Crippen LogP contribution in [0.1, 0.15) is 32.1 Å². The van der Waals surface area contributed by atoms with Crippen molar-refractivity contribution in [2.45, 2.75) is 37.0 Å². The lowest BCUT2D eigenvalue weighted by Gasteiger charge is -2.07. The normalized spacial score (nSPS) is 11.5. The Labute approximate surface area is 122 Å². The van der Waals surface area contributed by atoms with Crippen molar-refractivity contribution in [3.63, 3.8) is 0 Å². The van der Waals surface area contributed by atoms with E-state index < -0.39 is 32.5 Å². The van der Waals surface area contributed by atoms with Gasteiger partial charge >= 0.3 is 5.97 Å². The van der Waals surface area contributed by atoms with E-state index in [1.165, 1.54) is 0 Å². The summed E-state index contributed by atoms with van der Waals surface area (Å²) < 4.78 is 52.1. The minimum absolute atomic E-state index is 0.0836. The van der Waals surface area contributed by atoms with Crippen LogP contribution in [0.3, 0.4) is 0 Å². The number of halogens is 2. The van der Waals surface area contributed by atoms with Crippen molar-refractivity contribution in [3.05, 3.63) is 29.8 Å². The predicted molar refractivity (Wildman–Crippen MR) is 72.3 cm³/mol. The zero-order valence-corrected chi connectivity index (χ0v) is 12.1. The third kappa shape index (κ3) is 6.17. The van der Waals surface area contributed by atoms with Gasteiger partial charge in [-0.15, -0.1) is 0 Å². The van der Waals surface area contributed by atoms with Gasteiger partial charge in [0, 0.05) is 13.0 Å². The average molecular weight is 321 g/mol. The third-order valence-corrected chi connectivity index (χ3v) is 4.27. The van der Waals surface area contributed by atoms with Gasteiger partial charge in [0.1, 0.15) is 16.5 Å². The standard InChI is InChI=1S/C13H17F2NO4S/c14-10-6-7-11(15)12(9-10)21(19,20)16-8-4-2-1-3-5-13(17)18/h6-7,9,16H,1-5,8H2,(H,17,18). The van der Waals surface area contributed by atoms with E-state index in [2.05, 4.69) is 4.72 Å². The molecule has 5 nitrogen and oxygen atoms in total. The maximum Gasteiger partial charge on any atom is 0.303 e. The molecule has 0 unspecified atom stereocenters. The molecule has 118 valence electrons. The van der Waals surface area contributed by atoms with Crippen LogP contribution < -0.4 is 4.72 Å². The highest BCUT2D eigenvalue weighted by atomic mass is 32.2. The minimum Gasteiger partial charge on any atom is -0.481 e. The lowest BCUT2D eigenvalue weighted by atomic mass is 10.1. The van der Waals surface area contributed by atoms with Gasteiger partial charge in [-0.2, -0.15) is 0 Å². The predicted octanol–water partition coefficient (Wildman–Crippen LogP) is 2.28. The van der Waals surface area contributed by atoms with Crippen LogP contribution in [0.5, 0.6) is 0 Å². The van der Waals surface area contributed by atoms with Crippen LogP contribution in [-0.2, 0) is 14.8 Å². The highest BCUT2D eigenvalue weighted by Gasteiger charge is 2.19. The van der Waals surface area contributed by atoms with Gasteiger partial charge in [0.15, 0.2) is 0 Å². The molecule has 0 radical (unpaired) electrons.